The van der Waals surface area contributed by atoms with Crippen LogP contribution >= 0.6 is 0 Å². The summed E-state index contributed by atoms with van der Waals surface area (Å²) in [5, 5.41) is 0. The van der Waals surface area contributed by atoms with Crippen molar-refractivity contribution in [1.29, 1.82) is 0 Å². The number of methoxy groups -OCH3 is 1. The highest BCUT2D eigenvalue weighted by Crippen LogP contribution is 2.08. The highest BCUT2D eigenvalue weighted by atomic mass is 16.5. The van der Waals surface area contributed by atoms with E-state index in [1.54, 1.807) is 7.11 Å². The van der Waals surface area contributed by atoms with E-state index in [-0.39, 0.29) is 0 Å². The molecule has 0 aliphatic carbocycles. The maximum atomic E-state index is 5.42. The molecule has 3 nitrogen and oxygen atoms in total. The fourth-order valence-corrected chi connectivity index (χ4v) is 1.70. The molecule has 0 bridgehead atoms. The van der Waals surface area contributed by atoms with Crippen molar-refractivity contribution in [3.8, 4) is 0 Å². The summed E-state index contributed by atoms with van der Waals surface area (Å²) >= 11 is 0. The Labute approximate surface area is 86.7 Å². The predicted molar refractivity (Wildman–Crippen MR) is 57.3 cm³/mol. The highest BCUT2D eigenvalue weighted by molar-refractivity contribution is 4.81. The second-order valence-electron chi connectivity index (χ2n) is 3.72. The Kier molecular flexibility index (Phi) is 5.64. The van der Waals surface area contributed by atoms with Crippen LogP contribution in [0.1, 0.15) is 19.3 Å². The van der Waals surface area contributed by atoms with Crippen molar-refractivity contribution in [3.63, 3.8) is 0 Å². The number of nitrogens with zero attached hydrogens (tertiary/aromatic N) is 1. The molecule has 0 spiro atoms. The quantitative estimate of drug-likeness (QED) is 0.607. The van der Waals surface area contributed by atoms with Crippen molar-refractivity contribution in [2.45, 2.75) is 19.3 Å². The van der Waals surface area contributed by atoms with Crippen molar-refractivity contribution in [2.24, 2.45) is 0 Å². The van der Waals surface area contributed by atoms with E-state index >= 15 is 0 Å². The summed E-state index contributed by atoms with van der Waals surface area (Å²) in [6, 6.07) is 0. The molecule has 1 saturated heterocycles. The maximum absolute atomic E-state index is 5.42. The van der Waals surface area contributed by atoms with Crippen molar-refractivity contribution in [1.82, 2.24) is 4.90 Å². The highest BCUT2D eigenvalue weighted by Gasteiger charge is 2.09. The van der Waals surface area contributed by atoms with Gasteiger partial charge in [0.05, 0.1) is 0 Å². The van der Waals surface area contributed by atoms with Crippen molar-refractivity contribution in [2.75, 3.05) is 40.0 Å². The predicted octanol–water partition coefficient (Wildman–Crippen LogP) is 1.65. The summed E-state index contributed by atoms with van der Waals surface area (Å²) in [4.78, 5) is 2.45. The average molecular weight is 199 g/mol. The van der Waals surface area contributed by atoms with Gasteiger partial charge in [0.1, 0.15) is 19.0 Å². The molecule has 0 aromatic heterocycles. The molecule has 82 valence electrons. The minimum absolute atomic E-state index is 0.500. The van der Waals surface area contributed by atoms with Crippen LogP contribution in [0.15, 0.2) is 12.3 Å². The van der Waals surface area contributed by atoms with Crippen LogP contribution in [0.3, 0.4) is 0 Å². The van der Waals surface area contributed by atoms with Gasteiger partial charge in [-0.1, -0.05) is 13.0 Å². The van der Waals surface area contributed by atoms with Crippen LogP contribution in [0.4, 0.5) is 0 Å². The molecule has 0 amide bonds. The van der Waals surface area contributed by atoms with Crippen molar-refractivity contribution < 1.29 is 9.47 Å². The number of rotatable bonds is 6. The third kappa shape index (κ3) is 4.63. The lowest BCUT2D eigenvalue weighted by molar-refractivity contribution is 0.106. The average Bonchev–Trinajstić information content (AvgIpc) is 2.20. The fraction of sp³-hybridized carbons (Fsp3) is 0.818. The molecule has 1 rings (SSSR count). The van der Waals surface area contributed by atoms with E-state index in [4.69, 9.17) is 9.47 Å². The van der Waals surface area contributed by atoms with Gasteiger partial charge in [-0.05, 0) is 25.9 Å². The molecule has 0 N–H and O–H groups in total. The van der Waals surface area contributed by atoms with Crippen LogP contribution in [-0.4, -0.2) is 44.9 Å². The molecule has 0 radical (unpaired) electrons. The van der Waals surface area contributed by atoms with Crippen LogP contribution < -0.4 is 0 Å². The van der Waals surface area contributed by atoms with E-state index in [2.05, 4.69) is 11.5 Å². The number of piperidine rings is 1. The normalized spacial score (nSPS) is 18.1. The minimum Gasteiger partial charge on any atom is -0.495 e. The van der Waals surface area contributed by atoms with E-state index in [9.17, 15) is 0 Å². The first-order valence-electron chi connectivity index (χ1n) is 5.35. The van der Waals surface area contributed by atoms with Crippen LogP contribution in [0.2, 0.25) is 0 Å². The molecule has 3 heteroatoms. The number of hydrogen-bond donors (Lipinski definition) is 0. The molecule has 14 heavy (non-hydrogen) atoms. The van der Waals surface area contributed by atoms with E-state index in [0.717, 1.165) is 18.9 Å². The van der Waals surface area contributed by atoms with Gasteiger partial charge in [-0.25, -0.2) is 0 Å². The van der Waals surface area contributed by atoms with Crippen molar-refractivity contribution >= 4 is 0 Å². The van der Waals surface area contributed by atoms with Gasteiger partial charge < -0.3 is 9.47 Å². The zero-order valence-electron chi connectivity index (χ0n) is 9.13. The summed E-state index contributed by atoms with van der Waals surface area (Å²) in [6.45, 7) is 8.46. The second kappa shape index (κ2) is 6.85. The van der Waals surface area contributed by atoms with Crippen LogP contribution in [0.5, 0.6) is 0 Å². The lowest BCUT2D eigenvalue weighted by Crippen LogP contribution is -2.32. The van der Waals surface area contributed by atoms with E-state index in [1.807, 2.05) is 0 Å². The van der Waals surface area contributed by atoms with Gasteiger partial charge in [0.15, 0.2) is 0 Å². The number of hydrogen-bond acceptors (Lipinski definition) is 3. The summed E-state index contributed by atoms with van der Waals surface area (Å²) in [5.74, 6) is 0.726. The number of ether oxygens (including phenoxy) is 2. The Bertz CT molecular complexity index is 165. The first-order chi connectivity index (χ1) is 6.83. The Hall–Kier alpha value is -0.540. The second-order valence-corrected chi connectivity index (χ2v) is 3.72. The summed E-state index contributed by atoms with van der Waals surface area (Å²) in [7, 11) is 1.65. The van der Waals surface area contributed by atoms with E-state index in [0.29, 0.717) is 6.61 Å². The van der Waals surface area contributed by atoms with Crippen LogP contribution in [0, 0.1) is 0 Å². The zero-order valence-corrected chi connectivity index (χ0v) is 9.13. The van der Waals surface area contributed by atoms with Gasteiger partial charge in [0, 0.05) is 13.7 Å². The molecule has 1 aliphatic heterocycles. The van der Waals surface area contributed by atoms with Gasteiger partial charge in [0.25, 0.3) is 0 Å². The standard InChI is InChI=1S/C11H21NO2/c1-11(10-13-2)14-9-8-12-6-4-3-5-7-12/h1,3-10H2,2H3. The molecule has 0 atom stereocenters. The molecule has 0 unspecified atom stereocenters. The molecule has 0 aromatic rings. The molecule has 0 saturated carbocycles. The molecule has 0 aromatic carbocycles. The SMILES string of the molecule is C=C(COC)OCCN1CCCCC1. The Balaban J connectivity index is 1.99. The van der Waals surface area contributed by atoms with Gasteiger partial charge in [-0.3, -0.25) is 4.90 Å². The summed E-state index contributed by atoms with van der Waals surface area (Å²) in [6.07, 6.45) is 4.05. The molecular formula is C11H21NO2. The van der Waals surface area contributed by atoms with Gasteiger partial charge in [-0.15, -0.1) is 0 Å². The first-order valence-corrected chi connectivity index (χ1v) is 5.35. The summed E-state index contributed by atoms with van der Waals surface area (Å²) < 4.78 is 10.3. The maximum Gasteiger partial charge on any atom is 0.115 e. The Morgan fingerprint density at radius 1 is 1.29 bits per heavy atom. The lowest BCUT2D eigenvalue weighted by atomic mass is 10.1. The Morgan fingerprint density at radius 3 is 2.64 bits per heavy atom. The minimum atomic E-state index is 0.500. The third-order valence-corrected chi connectivity index (χ3v) is 2.47. The Morgan fingerprint density at radius 2 is 2.00 bits per heavy atom. The van der Waals surface area contributed by atoms with E-state index < -0.39 is 0 Å². The van der Waals surface area contributed by atoms with Crippen LogP contribution in [0.25, 0.3) is 0 Å². The van der Waals surface area contributed by atoms with Gasteiger partial charge in [-0.2, -0.15) is 0 Å². The van der Waals surface area contributed by atoms with E-state index in [1.165, 1.54) is 32.4 Å². The monoisotopic (exact) mass is 199 g/mol. The molecule has 1 aliphatic rings. The van der Waals surface area contributed by atoms with Gasteiger partial charge >= 0.3 is 0 Å². The van der Waals surface area contributed by atoms with Crippen molar-refractivity contribution in [3.05, 3.63) is 12.3 Å². The molecular weight excluding hydrogens is 178 g/mol. The third-order valence-electron chi connectivity index (χ3n) is 2.47. The van der Waals surface area contributed by atoms with Gasteiger partial charge in [0.2, 0.25) is 0 Å². The molecule has 1 heterocycles. The van der Waals surface area contributed by atoms with Crippen LogP contribution in [-0.2, 0) is 9.47 Å². The zero-order chi connectivity index (χ0) is 10.2. The topological polar surface area (TPSA) is 21.7 Å². The smallest absolute Gasteiger partial charge is 0.115 e. The summed E-state index contributed by atoms with van der Waals surface area (Å²) in [5.41, 5.74) is 0. The first kappa shape index (κ1) is 11.5. The fourth-order valence-electron chi connectivity index (χ4n) is 1.70. The largest absolute Gasteiger partial charge is 0.495 e. The lowest BCUT2D eigenvalue weighted by Gasteiger charge is -2.26. The number of likely N-dealkylation sites (tertiary alicyclic amines) is 1. The molecule has 1 fully saturated rings.